The first-order chi connectivity index (χ1) is 50.8. The lowest BCUT2D eigenvalue weighted by molar-refractivity contribution is -0.260. The van der Waals surface area contributed by atoms with Crippen LogP contribution in [0.2, 0.25) is 0 Å². The maximum atomic E-state index is 12.7. The molecule has 5 aliphatic carbocycles. The molecule has 0 spiro atoms. The number of imide groups is 1. The number of alkyl halides is 12. The molecule has 15 unspecified atom stereocenters. The van der Waals surface area contributed by atoms with E-state index in [-0.39, 0.29) is 163 Å². The number of nitrogens with zero attached hydrogens (tertiary/aromatic N) is 2. The van der Waals surface area contributed by atoms with Gasteiger partial charge in [-0.05, 0) is 260 Å². The molecular formula is C94H170F12N2O15. The second-order valence-corrected chi connectivity index (χ2v) is 36.9. The minimum Gasteiger partial charge on any atom is -0.459 e. The summed E-state index contributed by atoms with van der Waals surface area (Å²) in [5.74, 6) is -0.272. The molecule has 4 bridgehead atoms. The molecule has 17 nitrogen and oxygen atoms in total. The Balaban J connectivity index is -0.000000175. The number of esters is 6. The van der Waals surface area contributed by atoms with Crippen LogP contribution in [-0.4, -0.2) is 118 Å². The topological polar surface area (TPSA) is 239 Å². The van der Waals surface area contributed by atoms with Gasteiger partial charge in [0.2, 0.25) is 11.8 Å². The molecular weight excluding hydrogens is 1630 g/mol. The Bertz CT molecular complexity index is 3430. The Kier molecular flexibility index (Phi) is 55.3. The number of nitriles is 1. The van der Waals surface area contributed by atoms with E-state index in [9.17, 15) is 101 Å². The van der Waals surface area contributed by atoms with Gasteiger partial charge in [-0.2, -0.15) is 57.9 Å². The lowest BCUT2D eigenvalue weighted by Gasteiger charge is -2.39. The van der Waals surface area contributed by atoms with Crippen LogP contribution in [0.4, 0.5) is 52.7 Å². The number of carbonyl (C=O) groups is 8. The third kappa shape index (κ3) is 34.7. The smallest absolute Gasteiger partial charge is 0.425 e. The average molecular weight is 1800 g/mol. The van der Waals surface area contributed by atoms with Crippen LogP contribution in [0.25, 0.3) is 0 Å². The van der Waals surface area contributed by atoms with Crippen molar-refractivity contribution in [2.45, 2.75) is 411 Å². The van der Waals surface area contributed by atoms with Crippen molar-refractivity contribution in [2.24, 2.45) is 97.6 Å². The monoisotopic (exact) mass is 1800 g/mol. The molecule has 2 amide bonds. The Morgan fingerprint density at radius 1 is 0.561 bits per heavy atom. The molecule has 2 heterocycles. The van der Waals surface area contributed by atoms with Crippen LogP contribution in [0.3, 0.4) is 0 Å². The predicted molar refractivity (Wildman–Crippen MR) is 468 cm³/mol. The number of aliphatic hydroxyl groups is 1. The standard InChI is InChI=1S/C16H30O2.C15H19NO4.C14H17F3O2.C13H21F3O.C10H17F3O2.C9H15F3O2.C7H11NO2.10CH4/c1-7-15(3,4)14(17)18-16(5,6)13-10-8-12(2)9-11-13;1-4-14(2,3)12(17)19-10-8-5-9-11(10)20-13(18)15(9,6-8)7-16;1-5-13(3,4)12(18)19-11-7-9(2)6-10(8-11)14(15,16)17;1-7-8(2)11-5-9(7)4-10(11)6-12(3,17)13(14,15)16;1-6-9(5,10(11,12)13)7(14)15-8(2,3)4;1-5-8(3,4)7(13)14-6(2)9(10,11)12;1-4-5(2)7(10)8(3)6(4)9;;;;;;;;;;/h12-13H,7-11H2,1-6H3;8-11H,4-6H2,1-3H3;6-8H,5H2,1-4H3;7-11,17H,4-6H2,1-3H3;6H2,1-5H3;6H,5H2,1-4H3;4-5H,1-3H3;10*1H4. The van der Waals surface area contributed by atoms with E-state index in [0.717, 1.165) is 64.5 Å². The molecule has 15 atom stereocenters. The van der Waals surface area contributed by atoms with Crippen molar-refractivity contribution >= 4 is 47.6 Å². The van der Waals surface area contributed by atoms with Crippen LogP contribution >= 0.6 is 0 Å². The number of ether oxygens (including phenoxy) is 6. The van der Waals surface area contributed by atoms with Crippen LogP contribution in [-0.2, 0) is 68.2 Å². The summed E-state index contributed by atoms with van der Waals surface area (Å²) in [5, 5.41) is 18.9. The number of likely N-dealkylation sites (tertiary alicyclic amines) is 1. The first-order valence-electron chi connectivity index (χ1n) is 39.5. The first kappa shape index (κ1) is 135. The Morgan fingerprint density at radius 3 is 1.35 bits per heavy atom. The third-order valence-corrected chi connectivity index (χ3v) is 25.1. The van der Waals surface area contributed by atoms with E-state index >= 15 is 0 Å². The molecule has 2 aliphatic heterocycles. The number of rotatable bonds is 17. The summed E-state index contributed by atoms with van der Waals surface area (Å²) in [7, 11) is 1.53. The number of carbonyl (C=O) groups excluding carboxylic acids is 8. The van der Waals surface area contributed by atoms with Crippen LogP contribution in [0.5, 0.6) is 5.75 Å². The normalized spacial score (nSPS) is 25.2. The van der Waals surface area contributed by atoms with Gasteiger partial charge in [0.05, 0.1) is 33.3 Å². The second-order valence-electron chi connectivity index (χ2n) is 36.9. The number of benzene rings is 1. The van der Waals surface area contributed by atoms with Crippen molar-refractivity contribution in [1.29, 1.82) is 5.26 Å². The summed E-state index contributed by atoms with van der Waals surface area (Å²) in [6, 6.07) is 5.43. The van der Waals surface area contributed by atoms with Gasteiger partial charge in [-0.1, -0.05) is 156 Å². The van der Waals surface area contributed by atoms with Gasteiger partial charge < -0.3 is 33.5 Å². The van der Waals surface area contributed by atoms with Gasteiger partial charge in [0.15, 0.2) is 22.5 Å². The lowest BCUT2D eigenvalue weighted by atomic mass is 9.72. The van der Waals surface area contributed by atoms with Crippen LogP contribution in [0.15, 0.2) is 18.2 Å². The number of amides is 2. The van der Waals surface area contributed by atoms with E-state index in [1.54, 1.807) is 48.5 Å². The summed E-state index contributed by atoms with van der Waals surface area (Å²) in [5.41, 5.74) is -10.0. The Morgan fingerprint density at radius 2 is 0.992 bits per heavy atom. The van der Waals surface area contributed by atoms with Crippen molar-refractivity contribution in [1.82, 2.24) is 4.90 Å². The Hall–Kier alpha value is -6.21. The summed E-state index contributed by atoms with van der Waals surface area (Å²) in [4.78, 5) is 94.1. The number of hydrogen-bond acceptors (Lipinski definition) is 16. The van der Waals surface area contributed by atoms with Crippen LogP contribution in [0, 0.1) is 116 Å². The zero-order chi connectivity index (χ0) is 88.5. The SMILES string of the molecule is C.C.C.C.C.C.C.C.C.C.CC1C(=O)N(C)C(=O)C1C.CC1C2CC(CC(C)(O)C(F)(F)F)C(C2)C1C.CCC(C)(C(=O)OC(C)(C)C)C(F)(F)F.CCC(C)(C)C(=O)OC(C)(C)C1CCC(C)CC1.CCC(C)(C)C(=O)OC(C)C(F)(F)F.CCC(C)(C)C(=O)OC1C2CC3C1OC(=O)C3(C#N)C2.CCC(C)(C)C(=O)Oc1cc(C)cc(C(F)(F)F)c1. The molecule has 0 radical (unpaired) electrons. The fourth-order valence-corrected chi connectivity index (χ4v) is 14.1. The third-order valence-electron chi connectivity index (χ3n) is 25.1. The fourth-order valence-electron chi connectivity index (χ4n) is 14.1. The van der Waals surface area contributed by atoms with E-state index in [1.165, 1.54) is 78.3 Å². The van der Waals surface area contributed by atoms with Gasteiger partial charge in [-0.15, -0.1) is 0 Å². The van der Waals surface area contributed by atoms with E-state index in [4.69, 9.17) is 23.7 Å². The molecule has 1 N–H and O–H groups in total. The molecule has 0 aromatic heterocycles. The minimum absolute atomic E-state index is 0. The summed E-state index contributed by atoms with van der Waals surface area (Å²) in [6.45, 7) is 46.1. The maximum absolute atomic E-state index is 12.7. The van der Waals surface area contributed by atoms with Crippen molar-refractivity contribution in [3.8, 4) is 11.8 Å². The molecule has 1 aromatic carbocycles. The minimum atomic E-state index is -4.58. The fraction of sp³-hybridized carbons (Fsp3) is 0.840. The Labute approximate surface area is 736 Å². The molecule has 5 saturated carbocycles. The predicted octanol–water partition coefficient (Wildman–Crippen LogP) is 27.2. The van der Waals surface area contributed by atoms with Gasteiger partial charge in [0, 0.05) is 30.7 Å². The molecule has 1 aromatic rings. The summed E-state index contributed by atoms with van der Waals surface area (Å²) >= 11 is 0. The highest BCUT2D eigenvalue weighted by atomic mass is 19.4. The van der Waals surface area contributed by atoms with E-state index < -0.39 is 105 Å². The molecule has 730 valence electrons. The van der Waals surface area contributed by atoms with Crippen molar-refractivity contribution < 1.29 is 125 Å². The molecule has 123 heavy (non-hydrogen) atoms. The summed E-state index contributed by atoms with van der Waals surface area (Å²) in [6.07, 6.45) is -10.8. The van der Waals surface area contributed by atoms with Gasteiger partial charge in [0.1, 0.15) is 29.2 Å². The largest absolute Gasteiger partial charge is 0.459 e. The zero-order valence-corrected chi connectivity index (χ0v) is 71.8. The van der Waals surface area contributed by atoms with Crippen LogP contribution in [0.1, 0.15) is 355 Å². The number of hydrogen-bond donors (Lipinski definition) is 1. The highest BCUT2D eigenvalue weighted by Gasteiger charge is 2.72. The molecule has 8 rings (SSSR count). The van der Waals surface area contributed by atoms with Gasteiger partial charge >= 0.3 is 60.5 Å². The first-order valence-corrected chi connectivity index (χ1v) is 39.5. The van der Waals surface area contributed by atoms with Gasteiger partial charge in [-0.25, -0.2) is 0 Å². The van der Waals surface area contributed by atoms with Crippen molar-refractivity contribution in [3.05, 3.63) is 29.3 Å². The lowest BCUT2D eigenvalue weighted by Crippen LogP contribution is -2.45. The highest BCUT2D eigenvalue weighted by molar-refractivity contribution is 6.04. The van der Waals surface area contributed by atoms with Gasteiger partial charge in [0.25, 0.3) is 0 Å². The molecule has 7 aliphatic rings. The van der Waals surface area contributed by atoms with Gasteiger partial charge in [-0.3, -0.25) is 43.3 Å². The zero-order valence-electron chi connectivity index (χ0n) is 71.8. The number of halogens is 12. The van der Waals surface area contributed by atoms with Crippen molar-refractivity contribution in [3.63, 3.8) is 0 Å². The second kappa shape index (κ2) is 50.5. The van der Waals surface area contributed by atoms with E-state index in [0.29, 0.717) is 60.8 Å². The maximum Gasteiger partial charge on any atom is 0.425 e. The number of aryl methyl sites for hydroxylation is 1. The number of fused-ring (bicyclic) bond motifs is 3. The van der Waals surface area contributed by atoms with E-state index in [1.807, 2.05) is 48.5 Å². The highest BCUT2D eigenvalue weighted by Crippen LogP contribution is 2.63. The van der Waals surface area contributed by atoms with Crippen LogP contribution < -0.4 is 4.74 Å². The molecule has 2 saturated heterocycles. The average Bonchev–Trinajstić information content (AvgIpc) is 1.54. The van der Waals surface area contributed by atoms with E-state index in [2.05, 4.69) is 45.4 Å². The molecule has 29 heteroatoms. The van der Waals surface area contributed by atoms with Crippen molar-refractivity contribution in [2.75, 3.05) is 7.05 Å². The molecule has 7 fully saturated rings. The summed E-state index contributed by atoms with van der Waals surface area (Å²) < 4.78 is 181. The quantitative estimate of drug-likeness (QED) is 0.0501.